The monoisotopic (exact) mass is 644 g/mol. The van der Waals surface area contributed by atoms with Gasteiger partial charge in [0, 0.05) is 29.2 Å². The minimum atomic E-state index is -4.61. The molecule has 0 saturated carbocycles. The molecular formula is C31H37ClN4O7S. The number of aryl methyl sites for hydroxylation is 2. The lowest BCUT2D eigenvalue weighted by Gasteiger charge is -2.33. The number of halogens is 1. The number of carbonyl (C=O) groups is 2. The molecule has 0 saturated heterocycles. The quantitative estimate of drug-likeness (QED) is 0.194. The van der Waals surface area contributed by atoms with E-state index >= 15 is 0 Å². The Bertz CT molecular complexity index is 1650. The summed E-state index contributed by atoms with van der Waals surface area (Å²) in [6, 6.07) is 14.0. The van der Waals surface area contributed by atoms with E-state index in [2.05, 4.69) is 5.32 Å². The van der Waals surface area contributed by atoms with Crippen LogP contribution in [0.15, 0.2) is 65.6 Å². The van der Waals surface area contributed by atoms with Crippen molar-refractivity contribution in [1.29, 1.82) is 0 Å². The highest BCUT2D eigenvalue weighted by Gasteiger charge is 2.35. The molecule has 11 nitrogen and oxygen atoms in total. The molecular weight excluding hydrogens is 608 g/mol. The molecule has 1 N–H and O–H groups in total. The van der Waals surface area contributed by atoms with Crippen LogP contribution in [0.4, 0.5) is 11.4 Å². The van der Waals surface area contributed by atoms with Crippen molar-refractivity contribution in [3.63, 3.8) is 0 Å². The van der Waals surface area contributed by atoms with Crippen LogP contribution in [-0.2, 0) is 26.2 Å². The summed E-state index contributed by atoms with van der Waals surface area (Å²) in [5.74, 6) is -0.988. The Labute approximate surface area is 263 Å². The fourth-order valence-electron chi connectivity index (χ4n) is 4.46. The van der Waals surface area contributed by atoms with Crippen LogP contribution < -0.4 is 14.4 Å². The van der Waals surface area contributed by atoms with E-state index in [9.17, 15) is 28.1 Å². The molecule has 0 unspecified atom stereocenters. The van der Waals surface area contributed by atoms with Crippen molar-refractivity contribution in [2.24, 2.45) is 0 Å². The number of methoxy groups -OCH3 is 1. The van der Waals surface area contributed by atoms with Gasteiger partial charge in [0.15, 0.2) is 0 Å². The van der Waals surface area contributed by atoms with Crippen LogP contribution >= 0.6 is 11.6 Å². The Balaban J connectivity index is 2.17. The highest BCUT2D eigenvalue weighted by Crippen LogP contribution is 2.36. The predicted octanol–water partition coefficient (Wildman–Crippen LogP) is 5.40. The zero-order valence-corrected chi connectivity index (χ0v) is 27.1. The number of anilines is 1. The minimum absolute atomic E-state index is 0.0250. The van der Waals surface area contributed by atoms with Gasteiger partial charge in [-0.25, -0.2) is 8.42 Å². The number of sulfonamides is 1. The second-order valence-corrected chi connectivity index (χ2v) is 12.8. The standard InChI is InChI=1S/C31H37ClN4O7S/c1-7-22(4)33-31(38)23(5)34(18-24-11-9-8-10-20(24)2)30(37)19-35(28-16-25(32)13-15-29(28)43-6)44(41,42)26-14-12-21(3)27(17-26)36(39)40/h8-17,22-23H,7,18-19H2,1-6H3,(H,33,38)/t22-,23+/m1/s1. The molecule has 0 aliphatic rings. The molecule has 236 valence electrons. The van der Waals surface area contributed by atoms with Gasteiger partial charge in [0.25, 0.3) is 15.7 Å². The van der Waals surface area contributed by atoms with Gasteiger partial charge in [-0.15, -0.1) is 0 Å². The Hall–Kier alpha value is -4.16. The van der Waals surface area contributed by atoms with Gasteiger partial charge in [-0.05, 0) is 69.5 Å². The first-order chi connectivity index (χ1) is 20.7. The number of nitrogens with zero attached hydrogens (tertiary/aromatic N) is 3. The molecule has 0 fully saturated rings. The average molecular weight is 645 g/mol. The first-order valence-corrected chi connectivity index (χ1v) is 15.8. The maximum absolute atomic E-state index is 14.2. The molecule has 0 heterocycles. The van der Waals surface area contributed by atoms with Gasteiger partial charge in [0.05, 0.1) is 22.6 Å². The Morgan fingerprint density at radius 1 is 1.05 bits per heavy atom. The number of nitro benzene ring substituents is 1. The number of nitrogens with one attached hydrogen (secondary N) is 1. The highest BCUT2D eigenvalue weighted by molar-refractivity contribution is 7.92. The summed E-state index contributed by atoms with van der Waals surface area (Å²) >= 11 is 6.26. The maximum Gasteiger partial charge on any atom is 0.273 e. The normalized spacial score (nSPS) is 12.6. The van der Waals surface area contributed by atoms with Crippen molar-refractivity contribution in [2.75, 3.05) is 18.0 Å². The van der Waals surface area contributed by atoms with Crippen molar-refractivity contribution in [3.05, 3.63) is 92.5 Å². The van der Waals surface area contributed by atoms with Gasteiger partial charge in [0.1, 0.15) is 18.3 Å². The SMILES string of the molecule is CC[C@@H](C)NC(=O)[C@H](C)N(Cc1ccccc1C)C(=O)CN(c1cc(Cl)ccc1OC)S(=O)(=O)c1ccc(C)c([N+](=O)[O-])c1. The number of carbonyl (C=O) groups excluding carboxylic acids is 2. The lowest BCUT2D eigenvalue weighted by atomic mass is 10.1. The van der Waals surface area contributed by atoms with Gasteiger partial charge < -0.3 is 15.0 Å². The van der Waals surface area contributed by atoms with E-state index in [0.29, 0.717) is 6.42 Å². The number of hydrogen-bond donors (Lipinski definition) is 1. The molecule has 44 heavy (non-hydrogen) atoms. The first-order valence-electron chi connectivity index (χ1n) is 14.0. The average Bonchev–Trinajstić information content (AvgIpc) is 2.98. The molecule has 0 aliphatic heterocycles. The molecule has 3 aromatic carbocycles. The van der Waals surface area contributed by atoms with E-state index < -0.39 is 49.9 Å². The summed E-state index contributed by atoms with van der Waals surface area (Å²) in [4.78, 5) is 39.3. The molecule has 0 radical (unpaired) electrons. The lowest BCUT2D eigenvalue weighted by Crippen LogP contribution is -2.52. The van der Waals surface area contributed by atoms with Crippen LogP contribution in [0, 0.1) is 24.0 Å². The van der Waals surface area contributed by atoms with Crippen LogP contribution in [0.2, 0.25) is 5.02 Å². The summed E-state index contributed by atoms with van der Waals surface area (Å²) < 4.78 is 34.7. The largest absolute Gasteiger partial charge is 0.495 e. The summed E-state index contributed by atoms with van der Waals surface area (Å²) in [7, 11) is -3.28. The van der Waals surface area contributed by atoms with Gasteiger partial charge >= 0.3 is 0 Å². The van der Waals surface area contributed by atoms with Crippen molar-refractivity contribution in [1.82, 2.24) is 10.2 Å². The van der Waals surface area contributed by atoms with Crippen molar-refractivity contribution < 1.29 is 27.7 Å². The Morgan fingerprint density at radius 2 is 1.73 bits per heavy atom. The van der Waals surface area contributed by atoms with E-state index in [-0.39, 0.29) is 34.6 Å². The van der Waals surface area contributed by atoms with E-state index in [1.54, 1.807) is 6.92 Å². The van der Waals surface area contributed by atoms with Gasteiger partial charge in [-0.1, -0.05) is 48.9 Å². The first kappa shape index (κ1) is 34.3. The second-order valence-electron chi connectivity index (χ2n) is 10.5. The third-order valence-corrected chi connectivity index (χ3v) is 9.41. The topological polar surface area (TPSA) is 139 Å². The number of ether oxygens (including phenoxy) is 1. The number of rotatable bonds is 13. The predicted molar refractivity (Wildman–Crippen MR) is 169 cm³/mol. The van der Waals surface area contributed by atoms with Gasteiger partial charge in [-0.2, -0.15) is 0 Å². The van der Waals surface area contributed by atoms with Crippen LogP contribution in [0.25, 0.3) is 0 Å². The van der Waals surface area contributed by atoms with E-state index in [1.807, 2.05) is 45.0 Å². The van der Waals surface area contributed by atoms with Crippen LogP contribution in [0.1, 0.15) is 43.9 Å². The zero-order valence-electron chi connectivity index (χ0n) is 25.5. The maximum atomic E-state index is 14.2. The third-order valence-electron chi connectivity index (χ3n) is 7.42. The van der Waals surface area contributed by atoms with Crippen molar-refractivity contribution >= 4 is 44.8 Å². The lowest BCUT2D eigenvalue weighted by molar-refractivity contribution is -0.385. The van der Waals surface area contributed by atoms with E-state index in [4.69, 9.17) is 16.3 Å². The molecule has 0 aliphatic carbocycles. The summed E-state index contributed by atoms with van der Waals surface area (Å²) in [5, 5.41) is 14.7. The summed E-state index contributed by atoms with van der Waals surface area (Å²) in [5.41, 5.74) is 1.47. The smallest absolute Gasteiger partial charge is 0.273 e. The molecule has 0 aromatic heterocycles. The molecule has 3 aromatic rings. The fraction of sp³-hybridized carbons (Fsp3) is 0.355. The molecule has 13 heteroatoms. The molecule has 0 spiro atoms. The second kappa shape index (κ2) is 14.5. The van der Waals surface area contributed by atoms with Gasteiger partial charge in [0.2, 0.25) is 11.8 Å². The molecule has 3 rings (SSSR count). The third kappa shape index (κ3) is 7.86. The summed E-state index contributed by atoms with van der Waals surface area (Å²) in [6.45, 7) is 7.98. The summed E-state index contributed by atoms with van der Waals surface area (Å²) in [6.07, 6.45) is 0.674. The van der Waals surface area contributed by atoms with Crippen LogP contribution in [0.5, 0.6) is 5.75 Å². The number of amides is 2. The van der Waals surface area contributed by atoms with E-state index in [1.165, 1.54) is 49.3 Å². The highest BCUT2D eigenvalue weighted by atomic mass is 35.5. The number of hydrogen-bond acceptors (Lipinski definition) is 7. The number of nitro groups is 1. The molecule has 2 atom stereocenters. The fourth-order valence-corrected chi connectivity index (χ4v) is 6.07. The minimum Gasteiger partial charge on any atom is -0.495 e. The van der Waals surface area contributed by atoms with Crippen molar-refractivity contribution in [2.45, 2.75) is 64.6 Å². The molecule has 2 amide bonds. The van der Waals surface area contributed by atoms with E-state index in [0.717, 1.165) is 21.5 Å². The van der Waals surface area contributed by atoms with Crippen molar-refractivity contribution in [3.8, 4) is 5.75 Å². The van der Waals surface area contributed by atoms with Crippen LogP contribution in [-0.4, -0.2) is 55.8 Å². The van der Waals surface area contributed by atoms with Gasteiger partial charge in [-0.3, -0.25) is 24.0 Å². The van der Waals surface area contributed by atoms with Crippen LogP contribution in [0.3, 0.4) is 0 Å². The molecule has 0 bridgehead atoms. The zero-order chi connectivity index (χ0) is 32.8. The Kier molecular flexibility index (Phi) is 11.3. The number of benzene rings is 3. The Morgan fingerprint density at radius 3 is 2.34 bits per heavy atom.